The molecule has 0 bridgehead atoms. The highest BCUT2D eigenvalue weighted by Crippen LogP contribution is 2.08. The molecule has 1 amide bonds. The second-order valence-corrected chi connectivity index (χ2v) is 4.78. The van der Waals surface area contributed by atoms with Crippen LogP contribution in [-0.2, 0) is 0 Å². The number of hydrogen-bond acceptors (Lipinski definition) is 3. The number of hydrogen-bond donors (Lipinski definition) is 3. The van der Waals surface area contributed by atoms with Gasteiger partial charge >= 0.3 is 5.97 Å². The van der Waals surface area contributed by atoms with Crippen LogP contribution in [0.3, 0.4) is 0 Å². The molecule has 1 rings (SSSR count). The standard InChI is InChI=1S/C12H19N3O3/c1-7(2)4-5-8(3)15-11(16)9-10(12(17)18)14-6-13-9/h6-8H,4-5H2,1-3H3,(H,13,14)(H,15,16)(H,17,18). The van der Waals surface area contributed by atoms with Crippen molar-refractivity contribution in [3.05, 3.63) is 17.7 Å². The van der Waals surface area contributed by atoms with Crippen molar-refractivity contribution in [2.75, 3.05) is 0 Å². The van der Waals surface area contributed by atoms with Crippen molar-refractivity contribution in [1.82, 2.24) is 15.3 Å². The number of amides is 1. The van der Waals surface area contributed by atoms with Gasteiger partial charge in [0.25, 0.3) is 5.91 Å². The number of aromatic carboxylic acids is 1. The number of carbonyl (C=O) groups excluding carboxylic acids is 1. The lowest BCUT2D eigenvalue weighted by Crippen LogP contribution is -2.33. The first kappa shape index (κ1) is 14.2. The summed E-state index contributed by atoms with van der Waals surface area (Å²) < 4.78 is 0. The molecule has 0 aliphatic rings. The highest BCUT2D eigenvalue weighted by molar-refractivity contribution is 6.02. The van der Waals surface area contributed by atoms with Crippen molar-refractivity contribution in [2.45, 2.75) is 39.7 Å². The summed E-state index contributed by atoms with van der Waals surface area (Å²) in [6.45, 7) is 6.13. The number of H-pyrrole nitrogens is 1. The molecule has 3 N–H and O–H groups in total. The highest BCUT2D eigenvalue weighted by atomic mass is 16.4. The van der Waals surface area contributed by atoms with Crippen LogP contribution in [0.5, 0.6) is 0 Å². The van der Waals surface area contributed by atoms with E-state index in [0.29, 0.717) is 5.92 Å². The maximum atomic E-state index is 11.8. The molecule has 1 aromatic heterocycles. The van der Waals surface area contributed by atoms with Crippen LogP contribution in [0.1, 0.15) is 54.6 Å². The van der Waals surface area contributed by atoms with Gasteiger partial charge in [0.05, 0.1) is 6.33 Å². The van der Waals surface area contributed by atoms with Gasteiger partial charge in [0.15, 0.2) is 11.4 Å². The van der Waals surface area contributed by atoms with Gasteiger partial charge in [-0.2, -0.15) is 0 Å². The predicted molar refractivity (Wildman–Crippen MR) is 66.5 cm³/mol. The van der Waals surface area contributed by atoms with Gasteiger partial charge in [-0.3, -0.25) is 4.79 Å². The van der Waals surface area contributed by atoms with Gasteiger partial charge in [0, 0.05) is 6.04 Å². The first-order chi connectivity index (χ1) is 8.41. The van der Waals surface area contributed by atoms with Crippen LogP contribution in [0.2, 0.25) is 0 Å². The monoisotopic (exact) mass is 253 g/mol. The van der Waals surface area contributed by atoms with Crippen molar-refractivity contribution in [2.24, 2.45) is 5.92 Å². The second-order valence-electron chi connectivity index (χ2n) is 4.78. The van der Waals surface area contributed by atoms with E-state index in [2.05, 4.69) is 29.1 Å². The minimum atomic E-state index is -1.19. The Bertz CT molecular complexity index is 426. The van der Waals surface area contributed by atoms with Crippen molar-refractivity contribution in [3.63, 3.8) is 0 Å². The van der Waals surface area contributed by atoms with Gasteiger partial charge in [0.2, 0.25) is 0 Å². The molecule has 0 fully saturated rings. The molecule has 0 aliphatic carbocycles. The lowest BCUT2D eigenvalue weighted by molar-refractivity contribution is 0.0684. The molecule has 1 atom stereocenters. The molecule has 0 aliphatic heterocycles. The molecule has 18 heavy (non-hydrogen) atoms. The summed E-state index contributed by atoms with van der Waals surface area (Å²) in [5.41, 5.74) is -0.248. The first-order valence-electron chi connectivity index (χ1n) is 5.99. The molecule has 1 unspecified atom stereocenters. The number of rotatable bonds is 6. The molecule has 0 radical (unpaired) electrons. The van der Waals surface area contributed by atoms with Crippen molar-refractivity contribution >= 4 is 11.9 Å². The molecular weight excluding hydrogens is 234 g/mol. The van der Waals surface area contributed by atoms with Gasteiger partial charge in [-0.15, -0.1) is 0 Å². The number of aromatic amines is 1. The Balaban J connectivity index is 2.59. The summed E-state index contributed by atoms with van der Waals surface area (Å²) >= 11 is 0. The largest absolute Gasteiger partial charge is 0.477 e. The zero-order valence-electron chi connectivity index (χ0n) is 10.9. The fourth-order valence-electron chi connectivity index (χ4n) is 1.58. The van der Waals surface area contributed by atoms with E-state index < -0.39 is 11.9 Å². The molecular formula is C12H19N3O3. The van der Waals surface area contributed by atoms with Gasteiger partial charge in [-0.05, 0) is 25.7 Å². The van der Waals surface area contributed by atoms with Gasteiger partial charge in [-0.25, -0.2) is 9.78 Å². The topological polar surface area (TPSA) is 95.1 Å². The van der Waals surface area contributed by atoms with Crippen LogP contribution in [0.15, 0.2) is 6.33 Å². The Hall–Kier alpha value is -1.85. The van der Waals surface area contributed by atoms with Crippen LogP contribution in [0.25, 0.3) is 0 Å². The van der Waals surface area contributed by atoms with Crippen molar-refractivity contribution in [3.8, 4) is 0 Å². The van der Waals surface area contributed by atoms with Crippen molar-refractivity contribution in [1.29, 1.82) is 0 Å². The Morgan fingerprint density at radius 3 is 2.61 bits per heavy atom. The number of carboxylic acid groups (broad SMARTS) is 1. The zero-order valence-corrected chi connectivity index (χ0v) is 10.9. The molecule has 6 heteroatoms. The molecule has 6 nitrogen and oxygen atoms in total. The van der Waals surface area contributed by atoms with E-state index in [1.54, 1.807) is 0 Å². The average Bonchev–Trinajstić information content (AvgIpc) is 2.75. The van der Waals surface area contributed by atoms with Crippen LogP contribution in [0, 0.1) is 5.92 Å². The summed E-state index contributed by atoms with van der Waals surface area (Å²) in [6, 6.07) is -0.00163. The Kier molecular flexibility index (Phi) is 4.88. The van der Waals surface area contributed by atoms with E-state index in [0.717, 1.165) is 12.8 Å². The fourth-order valence-corrected chi connectivity index (χ4v) is 1.58. The number of aromatic nitrogens is 2. The Labute approximate surface area is 106 Å². The maximum absolute atomic E-state index is 11.8. The maximum Gasteiger partial charge on any atom is 0.354 e. The molecule has 100 valence electrons. The first-order valence-corrected chi connectivity index (χ1v) is 5.99. The quantitative estimate of drug-likeness (QED) is 0.718. The Morgan fingerprint density at radius 2 is 2.06 bits per heavy atom. The second kappa shape index (κ2) is 6.18. The minimum Gasteiger partial charge on any atom is -0.477 e. The molecule has 1 aromatic rings. The van der Waals surface area contributed by atoms with E-state index in [1.807, 2.05) is 6.92 Å². The summed E-state index contributed by atoms with van der Waals surface area (Å²) in [4.78, 5) is 28.8. The number of carbonyl (C=O) groups is 2. The summed E-state index contributed by atoms with van der Waals surface area (Å²) in [7, 11) is 0. The fraction of sp³-hybridized carbons (Fsp3) is 0.583. The normalized spacial score (nSPS) is 12.4. The third-order valence-corrected chi connectivity index (χ3v) is 2.62. The summed E-state index contributed by atoms with van der Waals surface area (Å²) in [5, 5.41) is 11.6. The lowest BCUT2D eigenvalue weighted by atomic mass is 10.0. The Morgan fingerprint density at radius 1 is 1.39 bits per heavy atom. The van der Waals surface area contributed by atoms with Gasteiger partial charge in [-0.1, -0.05) is 13.8 Å². The van der Waals surface area contributed by atoms with Gasteiger partial charge < -0.3 is 15.4 Å². The molecule has 0 spiro atoms. The number of carboxylic acids is 1. The van der Waals surface area contributed by atoms with Crippen molar-refractivity contribution < 1.29 is 14.7 Å². The summed E-state index contributed by atoms with van der Waals surface area (Å²) in [6.07, 6.45) is 3.07. The van der Waals surface area contributed by atoms with E-state index in [9.17, 15) is 9.59 Å². The average molecular weight is 253 g/mol. The third kappa shape index (κ3) is 3.87. The number of nitrogens with zero attached hydrogens (tertiary/aromatic N) is 1. The van der Waals surface area contributed by atoms with Gasteiger partial charge in [0.1, 0.15) is 0 Å². The smallest absolute Gasteiger partial charge is 0.354 e. The molecule has 0 aromatic carbocycles. The molecule has 1 heterocycles. The van der Waals surface area contributed by atoms with E-state index >= 15 is 0 Å². The number of nitrogens with one attached hydrogen (secondary N) is 2. The number of imidazole rings is 1. The van der Waals surface area contributed by atoms with Crippen LogP contribution in [0.4, 0.5) is 0 Å². The van der Waals surface area contributed by atoms with Crippen LogP contribution >= 0.6 is 0 Å². The molecule has 0 saturated carbocycles. The zero-order chi connectivity index (χ0) is 13.7. The predicted octanol–water partition coefficient (Wildman–Crippen LogP) is 1.66. The highest BCUT2D eigenvalue weighted by Gasteiger charge is 2.20. The summed E-state index contributed by atoms with van der Waals surface area (Å²) in [5.74, 6) is -1.07. The van der Waals surface area contributed by atoms with E-state index in [1.165, 1.54) is 6.33 Å². The lowest BCUT2D eigenvalue weighted by Gasteiger charge is -2.14. The van der Waals surface area contributed by atoms with E-state index in [-0.39, 0.29) is 17.4 Å². The molecule has 0 saturated heterocycles. The van der Waals surface area contributed by atoms with E-state index in [4.69, 9.17) is 5.11 Å². The van der Waals surface area contributed by atoms with Crippen LogP contribution in [-0.4, -0.2) is 33.0 Å². The SMILES string of the molecule is CC(C)CCC(C)NC(=O)c1nc[nH]c1C(=O)O. The third-order valence-electron chi connectivity index (χ3n) is 2.62. The minimum absolute atomic E-state index is 0.00163. The van der Waals surface area contributed by atoms with Crippen LogP contribution < -0.4 is 5.32 Å².